The molecule has 0 aliphatic heterocycles. The van der Waals surface area contributed by atoms with E-state index in [-0.39, 0.29) is 29.2 Å². The third-order valence-corrected chi connectivity index (χ3v) is 7.90. The SMILES string of the molecule is Cc1cc(Nc2cc(C(F)F)ccn2)nc(-c2ccc([C@](C)(O)[C@H]3CC[C@H](C(=O)Oc4ccc(C#N)cc4)CC3)nc2)c1. The van der Waals surface area contributed by atoms with Crippen LogP contribution in [0.3, 0.4) is 0 Å². The van der Waals surface area contributed by atoms with Crippen molar-refractivity contribution in [1.82, 2.24) is 15.0 Å². The predicted octanol–water partition coefficient (Wildman–Crippen LogP) is 7.02. The number of nitrogens with zero attached hydrogens (tertiary/aromatic N) is 4. The Labute approximate surface area is 248 Å². The first-order chi connectivity index (χ1) is 20.6. The maximum Gasteiger partial charge on any atom is 0.314 e. The van der Waals surface area contributed by atoms with Crippen LogP contribution in [0.1, 0.15) is 61.4 Å². The fraction of sp³-hybridized carbons (Fsp3) is 0.303. The number of rotatable bonds is 8. The van der Waals surface area contributed by atoms with Crippen LogP contribution in [-0.2, 0) is 10.4 Å². The molecule has 43 heavy (non-hydrogen) atoms. The molecule has 1 aliphatic rings. The van der Waals surface area contributed by atoms with Crippen LogP contribution in [-0.4, -0.2) is 26.0 Å². The van der Waals surface area contributed by atoms with Crippen LogP contribution in [0.2, 0.25) is 0 Å². The van der Waals surface area contributed by atoms with Crippen LogP contribution < -0.4 is 10.1 Å². The van der Waals surface area contributed by atoms with E-state index in [0.29, 0.717) is 54.2 Å². The van der Waals surface area contributed by atoms with Crippen molar-refractivity contribution >= 4 is 17.6 Å². The maximum absolute atomic E-state index is 13.1. The average Bonchev–Trinajstić information content (AvgIpc) is 3.01. The second-order valence-corrected chi connectivity index (χ2v) is 11.0. The molecule has 4 aromatic rings. The molecule has 1 atom stereocenters. The summed E-state index contributed by atoms with van der Waals surface area (Å²) in [5, 5.41) is 23.4. The topological polar surface area (TPSA) is 121 Å². The summed E-state index contributed by atoms with van der Waals surface area (Å²) in [5.41, 5.74) is 1.96. The standard InChI is InChI=1S/C33H31F2N5O3/c1-20-15-27(39-30(16-20)40-29-17-23(31(34)35)13-14-37-29)24-7-12-28(38-19-24)33(2,42)25-8-5-22(6-9-25)32(41)43-26-10-3-21(18-36)4-11-26/h3-4,7,10-17,19,22,25,31,42H,5-6,8-9H2,1-2H3,(H,37,39,40)/t22-,25-,33-/m1/s1. The Morgan fingerprint density at radius 2 is 1.79 bits per heavy atom. The highest BCUT2D eigenvalue weighted by atomic mass is 19.3. The number of hydrogen-bond acceptors (Lipinski definition) is 8. The first-order valence-electron chi connectivity index (χ1n) is 14.0. The molecular formula is C33H31F2N5O3. The Balaban J connectivity index is 1.23. The number of pyridine rings is 3. The lowest BCUT2D eigenvalue weighted by Crippen LogP contribution is -2.37. The molecule has 0 saturated heterocycles. The Morgan fingerprint density at radius 3 is 2.44 bits per heavy atom. The van der Waals surface area contributed by atoms with Gasteiger partial charge in [0.1, 0.15) is 23.0 Å². The summed E-state index contributed by atoms with van der Waals surface area (Å²) in [6, 6.07) is 18.3. The Bertz CT molecular complexity index is 1630. The molecular weight excluding hydrogens is 552 g/mol. The van der Waals surface area contributed by atoms with Gasteiger partial charge in [0.2, 0.25) is 0 Å². The highest BCUT2D eigenvalue weighted by Gasteiger charge is 2.39. The monoisotopic (exact) mass is 583 g/mol. The molecule has 0 spiro atoms. The van der Waals surface area contributed by atoms with Gasteiger partial charge in [0.25, 0.3) is 6.43 Å². The van der Waals surface area contributed by atoms with Crippen LogP contribution in [0.15, 0.2) is 73.1 Å². The van der Waals surface area contributed by atoms with Crippen molar-refractivity contribution in [3.8, 4) is 23.1 Å². The van der Waals surface area contributed by atoms with Gasteiger partial charge in [-0.2, -0.15) is 5.26 Å². The Morgan fingerprint density at radius 1 is 1.05 bits per heavy atom. The third kappa shape index (κ3) is 7.01. The number of benzene rings is 1. The van der Waals surface area contributed by atoms with Crippen LogP contribution in [0.25, 0.3) is 11.3 Å². The summed E-state index contributed by atoms with van der Waals surface area (Å²) in [6.45, 7) is 3.66. The number of aromatic nitrogens is 3. The summed E-state index contributed by atoms with van der Waals surface area (Å²) >= 11 is 0. The molecule has 1 fully saturated rings. The minimum absolute atomic E-state index is 0.0887. The van der Waals surface area contributed by atoms with E-state index in [1.165, 1.54) is 18.3 Å². The van der Waals surface area contributed by atoms with Crippen LogP contribution in [0.4, 0.5) is 20.4 Å². The van der Waals surface area contributed by atoms with E-state index in [9.17, 15) is 18.7 Å². The largest absolute Gasteiger partial charge is 0.426 e. The third-order valence-electron chi connectivity index (χ3n) is 7.90. The number of halogens is 2. The number of aliphatic hydroxyl groups is 1. The molecule has 5 rings (SSSR count). The molecule has 1 aliphatic carbocycles. The zero-order valence-corrected chi connectivity index (χ0v) is 23.8. The number of aryl methyl sites for hydroxylation is 1. The quantitative estimate of drug-likeness (QED) is 0.168. The zero-order chi connectivity index (χ0) is 30.6. The molecule has 0 bridgehead atoms. The summed E-state index contributed by atoms with van der Waals surface area (Å²) < 4.78 is 31.7. The van der Waals surface area contributed by atoms with E-state index in [1.54, 1.807) is 49.5 Å². The van der Waals surface area contributed by atoms with Gasteiger partial charge >= 0.3 is 5.97 Å². The first-order valence-corrected chi connectivity index (χ1v) is 14.0. The van der Waals surface area contributed by atoms with Crippen LogP contribution in [0.5, 0.6) is 5.75 Å². The lowest BCUT2D eigenvalue weighted by molar-refractivity contribution is -0.141. The van der Waals surface area contributed by atoms with Gasteiger partial charge in [0.15, 0.2) is 0 Å². The predicted molar refractivity (Wildman–Crippen MR) is 156 cm³/mol. The molecule has 0 unspecified atom stereocenters. The van der Waals surface area contributed by atoms with Gasteiger partial charge in [-0.1, -0.05) is 0 Å². The van der Waals surface area contributed by atoms with Gasteiger partial charge < -0.3 is 15.2 Å². The molecule has 0 radical (unpaired) electrons. The van der Waals surface area contributed by atoms with Gasteiger partial charge in [0, 0.05) is 23.5 Å². The average molecular weight is 584 g/mol. The highest BCUT2D eigenvalue weighted by molar-refractivity contribution is 5.75. The molecule has 8 nitrogen and oxygen atoms in total. The second-order valence-electron chi connectivity index (χ2n) is 11.0. The lowest BCUT2D eigenvalue weighted by atomic mass is 9.73. The number of carbonyl (C=O) groups is 1. The highest BCUT2D eigenvalue weighted by Crippen LogP contribution is 2.41. The number of anilines is 2. The van der Waals surface area contributed by atoms with Crippen molar-refractivity contribution in [1.29, 1.82) is 5.26 Å². The van der Waals surface area contributed by atoms with E-state index < -0.39 is 12.0 Å². The lowest BCUT2D eigenvalue weighted by Gasteiger charge is -2.37. The van der Waals surface area contributed by atoms with Crippen molar-refractivity contribution in [3.05, 3.63) is 95.4 Å². The van der Waals surface area contributed by atoms with E-state index >= 15 is 0 Å². The van der Waals surface area contributed by atoms with Gasteiger partial charge in [0.05, 0.1) is 28.9 Å². The molecule has 1 aromatic carbocycles. The van der Waals surface area contributed by atoms with Crippen LogP contribution >= 0.6 is 0 Å². The van der Waals surface area contributed by atoms with Gasteiger partial charge in [-0.3, -0.25) is 9.78 Å². The minimum atomic E-state index is -2.60. The van der Waals surface area contributed by atoms with Crippen molar-refractivity contribution in [2.24, 2.45) is 11.8 Å². The summed E-state index contributed by atoms with van der Waals surface area (Å²) in [5.74, 6) is 0.479. The molecule has 3 heterocycles. The van der Waals surface area contributed by atoms with E-state index in [1.807, 2.05) is 25.1 Å². The summed E-state index contributed by atoms with van der Waals surface area (Å²) in [4.78, 5) is 26.0. The molecule has 3 aromatic heterocycles. The Kier molecular flexibility index (Phi) is 8.73. The van der Waals surface area contributed by atoms with Crippen molar-refractivity contribution < 1.29 is 23.4 Å². The van der Waals surface area contributed by atoms with Gasteiger partial charge in [-0.25, -0.2) is 18.7 Å². The summed E-state index contributed by atoms with van der Waals surface area (Å²) in [6.07, 6.45) is 2.84. The smallest absolute Gasteiger partial charge is 0.314 e. The molecule has 0 amide bonds. The number of alkyl halides is 2. The molecule has 1 saturated carbocycles. The fourth-order valence-electron chi connectivity index (χ4n) is 5.40. The zero-order valence-electron chi connectivity index (χ0n) is 23.8. The number of ether oxygens (including phenoxy) is 1. The molecule has 10 heteroatoms. The number of nitriles is 1. The first kappa shape index (κ1) is 29.7. The molecule has 2 N–H and O–H groups in total. The van der Waals surface area contributed by atoms with Gasteiger partial charge in [-0.15, -0.1) is 0 Å². The van der Waals surface area contributed by atoms with Crippen molar-refractivity contribution in [3.63, 3.8) is 0 Å². The fourth-order valence-corrected chi connectivity index (χ4v) is 5.40. The van der Waals surface area contributed by atoms with Crippen molar-refractivity contribution in [2.75, 3.05) is 5.32 Å². The van der Waals surface area contributed by atoms with Crippen molar-refractivity contribution in [2.45, 2.75) is 51.6 Å². The summed E-state index contributed by atoms with van der Waals surface area (Å²) in [7, 11) is 0. The Hall–Kier alpha value is -4.75. The number of nitrogens with one attached hydrogen (secondary N) is 1. The van der Waals surface area contributed by atoms with E-state index in [0.717, 1.165) is 11.1 Å². The number of esters is 1. The number of carbonyl (C=O) groups excluding carboxylic acids is 1. The van der Waals surface area contributed by atoms with E-state index in [2.05, 4.69) is 20.3 Å². The minimum Gasteiger partial charge on any atom is -0.426 e. The molecule has 220 valence electrons. The normalized spacial score (nSPS) is 18.0. The maximum atomic E-state index is 13.1. The second kappa shape index (κ2) is 12.6. The van der Waals surface area contributed by atoms with E-state index in [4.69, 9.17) is 10.00 Å². The van der Waals surface area contributed by atoms with Gasteiger partial charge in [-0.05, 0) is 112 Å². The van der Waals surface area contributed by atoms with Crippen LogP contribution in [0, 0.1) is 30.1 Å². The number of hydrogen-bond donors (Lipinski definition) is 2.